The van der Waals surface area contributed by atoms with E-state index in [4.69, 9.17) is 10.8 Å². The lowest BCUT2D eigenvalue weighted by Crippen LogP contribution is -2.32. The van der Waals surface area contributed by atoms with E-state index >= 15 is 0 Å². The average Bonchev–Trinajstić information content (AvgIpc) is 2.26. The molecule has 1 rings (SSSR count). The Morgan fingerprint density at radius 1 is 1.40 bits per heavy atom. The van der Waals surface area contributed by atoms with E-state index in [2.05, 4.69) is 0 Å². The van der Waals surface area contributed by atoms with Gasteiger partial charge in [0.2, 0.25) is 0 Å². The zero-order valence-electron chi connectivity index (χ0n) is 8.27. The van der Waals surface area contributed by atoms with E-state index in [0.29, 0.717) is 0 Å². The third-order valence-corrected chi connectivity index (χ3v) is 2.32. The summed E-state index contributed by atoms with van der Waals surface area (Å²) in [6, 6.07) is 8.17. The Morgan fingerprint density at radius 3 is 2.47 bits per heavy atom. The van der Waals surface area contributed by atoms with Crippen LogP contribution in [0, 0.1) is 0 Å². The largest absolute Gasteiger partial charge is 0.481 e. The predicted molar refractivity (Wildman–Crippen MR) is 55.4 cm³/mol. The van der Waals surface area contributed by atoms with Crippen molar-refractivity contribution in [3.8, 4) is 0 Å². The van der Waals surface area contributed by atoms with Crippen molar-refractivity contribution in [3.63, 3.8) is 0 Å². The van der Waals surface area contributed by atoms with Crippen molar-refractivity contribution >= 4 is 5.97 Å². The molecule has 2 atom stereocenters. The molecule has 0 saturated carbocycles. The molecule has 3 nitrogen and oxygen atoms in total. The molecule has 0 heterocycles. The number of rotatable bonds is 5. The summed E-state index contributed by atoms with van der Waals surface area (Å²) in [5.74, 6) is -1.43. The monoisotopic (exact) mass is 211 g/mol. The van der Waals surface area contributed by atoms with Crippen LogP contribution in [0.3, 0.4) is 0 Å². The number of nitrogens with two attached hydrogens (primary N) is 1. The number of benzene rings is 1. The van der Waals surface area contributed by atoms with Crippen LogP contribution in [0.4, 0.5) is 4.39 Å². The van der Waals surface area contributed by atoms with Gasteiger partial charge < -0.3 is 10.8 Å². The summed E-state index contributed by atoms with van der Waals surface area (Å²) < 4.78 is 12.5. The second kappa shape index (κ2) is 5.46. The third-order valence-electron chi connectivity index (χ3n) is 2.32. The lowest BCUT2D eigenvalue weighted by atomic mass is 9.90. The standard InChI is InChI=1S/C11H14FNO2/c12-7-10(13)9(6-11(14)15)8-4-2-1-3-5-8/h1-5,9-10H,6-7,13H2,(H,14,15)/t9-,10+/m0/s1. The predicted octanol–water partition coefficient (Wildman–Crippen LogP) is 1.54. The van der Waals surface area contributed by atoms with Crippen molar-refractivity contribution in [2.75, 3.05) is 6.67 Å². The second-order valence-electron chi connectivity index (χ2n) is 3.43. The maximum absolute atomic E-state index is 12.5. The molecule has 0 amide bonds. The zero-order valence-corrected chi connectivity index (χ0v) is 8.27. The molecular weight excluding hydrogens is 197 g/mol. The van der Waals surface area contributed by atoms with Gasteiger partial charge in [-0.3, -0.25) is 4.79 Å². The normalized spacial score (nSPS) is 14.5. The van der Waals surface area contributed by atoms with E-state index in [9.17, 15) is 9.18 Å². The molecule has 0 bridgehead atoms. The highest BCUT2D eigenvalue weighted by molar-refractivity contribution is 5.68. The highest BCUT2D eigenvalue weighted by atomic mass is 19.1. The summed E-state index contributed by atoms with van der Waals surface area (Å²) in [5, 5.41) is 8.71. The summed E-state index contributed by atoms with van der Waals surface area (Å²) in [6.07, 6.45) is -0.144. The Morgan fingerprint density at radius 2 is 2.00 bits per heavy atom. The minimum absolute atomic E-state index is 0.144. The zero-order chi connectivity index (χ0) is 11.3. The quantitative estimate of drug-likeness (QED) is 0.776. The molecule has 15 heavy (non-hydrogen) atoms. The maximum Gasteiger partial charge on any atom is 0.304 e. The molecule has 0 spiro atoms. The van der Waals surface area contributed by atoms with E-state index in [-0.39, 0.29) is 6.42 Å². The van der Waals surface area contributed by atoms with Gasteiger partial charge in [0.1, 0.15) is 6.67 Å². The fourth-order valence-corrected chi connectivity index (χ4v) is 1.51. The minimum atomic E-state index is -0.965. The summed E-state index contributed by atoms with van der Waals surface area (Å²) in [4.78, 5) is 10.6. The molecule has 0 saturated heterocycles. The van der Waals surface area contributed by atoms with Gasteiger partial charge in [-0.15, -0.1) is 0 Å². The molecule has 0 aliphatic heterocycles. The van der Waals surface area contributed by atoms with Gasteiger partial charge in [-0.25, -0.2) is 4.39 Å². The van der Waals surface area contributed by atoms with Crippen LogP contribution in [0.15, 0.2) is 30.3 Å². The van der Waals surface area contributed by atoms with Crippen LogP contribution in [-0.4, -0.2) is 23.8 Å². The molecule has 0 aliphatic rings. The highest BCUT2D eigenvalue weighted by Gasteiger charge is 2.22. The maximum atomic E-state index is 12.5. The topological polar surface area (TPSA) is 63.3 Å². The number of aliphatic carboxylic acids is 1. The number of carboxylic acids is 1. The van der Waals surface area contributed by atoms with Crippen LogP contribution in [0.1, 0.15) is 17.9 Å². The fraction of sp³-hybridized carbons (Fsp3) is 0.364. The first-order valence-corrected chi connectivity index (χ1v) is 4.73. The molecule has 82 valence electrons. The molecule has 0 aliphatic carbocycles. The summed E-state index contributed by atoms with van der Waals surface area (Å²) in [6.45, 7) is -0.715. The number of carbonyl (C=O) groups is 1. The average molecular weight is 211 g/mol. The Balaban J connectivity index is 2.86. The smallest absolute Gasteiger partial charge is 0.304 e. The van der Waals surface area contributed by atoms with Gasteiger partial charge in [-0.1, -0.05) is 30.3 Å². The SMILES string of the molecule is N[C@H](CF)[C@@H](CC(=O)O)c1ccccc1. The summed E-state index contributed by atoms with van der Waals surface area (Å²) >= 11 is 0. The summed E-state index contributed by atoms with van der Waals surface area (Å²) in [5.41, 5.74) is 6.33. The van der Waals surface area contributed by atoms with Crippen molar-refractivity contribution in [2.45, 2.75) is 18.4 Å². The van der Waals surface area contributed by atoms with Gasteiger partial charge in [-0.05, 0) is 5.56 Å². The second-order valence-corrected chi connectivity index (χ2v) is 3.43. The summed E-state index contributed by atoms with van der Waals surface area (Å²) in [7, 11) is 0. The molecule has 0 aromatic heterocycles. The van der Waals surface area contributed by atoms with Crippen molar-refractivity contribution in [1.29, 1.82) is 0 Å². The molecule has 1 aromatic rings. The molecule has 0 radical (unpaired) electrons. The number of carboxylic acid groups (broad SMARTS) is 1. The Bertz CT molecular complexity index is 316. The van der Waals surface area contributed by atoms with E-state index in [1.165, 1.54) is 0 Å². The number of hydrogen-bond acceptors (Lipinski definition) is 2. The van der Waals surface area contributed by atoms with Crippen molar-refractivity contribution in [2.24, 2.45) is 5.73 Å². The van der Waals surface area contributed by atoms with E-state index < -0.39 is 24.6 Å². The molecule has 1 aromatic carbocycles. The van der Waals surface area contributed by atoms with Crippen LogP contribution in [0.5, 0.6) is 0 Å². The third kappa shape index (κ3) is 3.32. The van der Waals surface area contributed by atoms with Crippen LogP contribution >= 0.6 is 0 Å². The van der Waals surface area contributed by atoms with Crippen LogP contribution in [-0.2, 0) is 4.79 Å². The van der Waals surface area contributed by atoms with Gasteiger partial charge in [0.15, 0.2) is 0 Å². The minimum Gasteiger partial charge on any atom is -0.481 e. The van der Waals surface area contributed by atoms with E-state index in [1.54, 1.807) is 24.3 Å². The Labute approximate surface area is 87.7 Å². The highest BCUT2D eigenvalue weighted by Crippen LogP contribution is 2.22. The molecule has 0 unspecified atom stereocenters. The van der Waals surface area contributed by atoms with Crippen LogP contribution < -0.4 is 5.73 Å². The Kier molecular flexibility index (Phi) is 4.24. The fourth-order valence-electron chi connectivity index (χ4n) is 1.51. The molecule has 4 heteroatoms. The Hall–Kier alpha value is -1.42. The van der Waals surface area contributed by atoms with E-state index in [0.717, 1.165) is 5.56 Å². The first-order chi connectivity index (χ1) is 7.15. The van der Waals surface area contributed by atoms with E-state index in [1.807, 2.05) is 6.07 Å². The molecule has 3 N–H and O–H groups in total. The molecule has 0 fully saturated rings. The van der Waals surface area contributed by atoms with Gasteiger partial charge in [-0.2, -0.15) is 0 Å². The van der Waals surface area contributed by atoms with Gasteiger partial charge in [0.25, 0.3) is 0 Å². The first-order valence-electron chi connectivity index (χ1n) is 4.73. The van der Waals surface area contributed by atoms with Crippen molar-refractivity contribution < 1.29 is 14.3 Å². The van der Waals surface area contributed by atoms with Crippen LogP contribution in [0.25, 0.3) is 0 Å². The lowest BCUT2D eigenvalue weighted by molar-refractivity contribution is -0.137. The van der Waals surface area contributed by atoms with Gasteiger partial charge in [0, 0.05) is 12.0 Å². The van der Waals surface area contributed by atoms with Gasteiger partial charge >= 0.3 is 5.97 Å². The first kappa shape index (κ1) is 11.7. The van der Waals surface area contributed by atoms with Gasteiger partial charge in [0.05, 0.1) is 6.42 Å². The van der Waals surface area contributed by atoms with Crippen molar-refractivity contribution in [1.82, 2.24) is 0 Å². The lowest BCUT2D eigenvalue weighted by Gasteiger charge is -2.20. The number of halogens is 1. The number of hydrogen-bond donors (Lipinski definition) is 2. The van der Waals surface area contributed by atoms with Crippen LogP contribution in [0.2, 0.25) is 0 Å². The molecular formula is C11H14FNO2. The number of alkyl halides is 1. The van der Waals surface area contributed by atoms with Crippen molar-refractivity contribution in [3.05, 3.63) is 35.9 Å².